The zero-order valence-electron chi connectivity index (χ0n) is 10.1. The molecule has 7 heteroatoms. The minimum atomic E-state index is -3.20. The zero-order valence-corrected chi connectivity index (χ0v) is 11.0. The van der Waals surface area contributed by atoms with Crippen molar-refractivity contribution in [1.82, 2.24) is 15.4 Å². The summed E-state index contributed by atoms with van der Waals surface area (Å²) in [6.45, 7) is 0.859. The molecule has 2 amide bonds. The van der Waals surface area contributed by atoms with Crippen LogP contribution < -0.4 is 15.4 Å². The quantitative estimate of drug-likeness (QED) is 0.638. The van der Waals surface area contributed by atoms with Crippen molar-refractivity contribution in [3.8, 4) is 0 Å². The van der Waals surface area contributed by atoms with Crippen molar-refractivity contribution in [3.63, 3.8) is 0 Å². The van der Waals surface area contributed by atoms with E-state index in [1.54, 1.807) is 0 Å². The van der Waals surface area contributed by atoms with E-state index in [2.05, 4.69) is 15.4 Å². The molecule has 0 aromatic heterocycles. The van der Waals surface area contributed by atoms with E-state index >= 15 is 0 Å². The lowest BCUT2D eigenvalue weighted by molar-refractivity contribution is 0.240. The highest BCUT2D eigenvalue weighted by Gasteiger charge is 2.01. The second-order valence-electron chi connectivity index (χ2n) is 3.76. The molecule has 0 bridgehead atoms. The van der Waals surface area contributed by atoms with Crippen LogP contribution in [0.5, 0.6) is 0 Å². The minimum Gasteiger partial charge on any atom is -0.337 e. The summed E-state index contributed by atoms with van der Waals surface area (Å²) in [4.78, 5) is 11.3. The highest BCUT2D eigenvalue weighted by molar-refractivity contribution is 7.88. The lowest BCUT2D eigenvalue weighted by atomic mass is 10.2. The number of amides is 2. The molecule has 0 fully saturated rings. The molecule has 1 rings (SSSR count). The Morgan fingerprint density at radius 3 is 2.39 bits per heavy atom. The number of benzene rings is 1. The third-order valence-electron chi connectivity index (χ3n) is 2.07. The topological polar surface area (TPSA) is 87.3 Å². The van der Waals surface area contributed by atoms with Gasteiger partial charge in [-0.25, -0.2) is 17.9 Å². The van der Waals surface area contributed by atoms with Crippen LogP contribution in [0.2, 0.25) is 0 Å². The molecule has 0 radical (unpaired) electrons. The van der Waals surface area contributed by atoms with Gasteiger partial charge in [0.1, 0.15) is 0 Å². The van der Waals surface area contributed by atoms with Crippen LogP contribution in [0, 0.1) is 0 Å². The highest BCUT2D eigenvalue weighted by atomic mass is 32.2. The molecule has 1 aromatic rings. The van der Waals surface area contributed by atoms with Crippen molar-refractivity contribution < 1.29 is 13.2 Å². The van der Waals surface area contributed by atoms with E-state index in [0.29, 0.717) is 6.54 Å². The van der Waals surface area contributed by atoms with Gasteiger partial charge in [0.05, 0.1) is 6.26 Å². The maximum Gasteiger partial charge on any atom is 0.315 e. The Labute approximate surface area is 107 Å². The summed E-state index contributed by atoms with van der Waals surface area (Å²) in [5, 5.41) is 5.22. The molecular formula is C11H17N3O3S. The largest absolute Gasteiger partial charge is 0.337 e. The van der Waals surface area contributed by atoms with Gasteiger partial charge in [-0.2, -0.15) is 0 Å². The molecule has 0 unspecified atom stereocenters. The van der Waals surface area contributed by atoms with Crippen LogP contribution >= 0.6 is 0 Å². The van der Waals surface area contributed by atoms with Crippen LogP contribution in [-0.4, -0.2) is 33.8 Å². The van der Waals surface area contributed by atoms with Crippen molar-refractivity contribution in [3.05, 3.63) is 35.9 Å². The third-order valence-corrected chi connectivity index (χ3v) is 2.80. The summed E-state index contributed by atoms with van der Waals surface area (Å²) < 4.78 is 23.8. The van der Waals surface area contributed by atoms with Crippen LogP contribution in [-0.2, 0) is 16.6 Å². The fourth-order valence-corrected chi connectivity index (χ4v) is 1.73. The Morgan fingerprint density at radius 1 is 1.11 bits per heavy atom. The number of hydrogen-bond acceptors (Lipinski definition) is 3. The second kappa shape index (κ2) is 6.97. The molecule has 1 aromatic carbocycles. The monoisotopic (exact) mass is 271 g/mol. The van der Waals surface area contributed by atoms with E-state index in [4.69, 9.17) is 0 Å². The van der Waals surface area contributed by atoms with Gasteiger partial charge in [0, 0.05) is 19.6 Å². The maximum atomic E-state index is 11.3. The lowest BCUT2D eigenvalue weighted by Gasteiger charge is -2.07. The molecule has 100 valence electrons. The highest BCUT2D eigenvalue weighted by Crippen LogP contribution is 1.96. The number of urea groups is 1. The minimum absolute atomic E-state index is 0.178. The molecule has 0 spiro atoms. The van der Waals surface area contributed by atoms with Crippen molar-refractivity contribution >= 4 is 16.1 Å². The summed E-state index contributed by atoms with van der Waals surface area (Å²) in [7, 11) is -3.20. The molecule has 6 nitrogen and oxygen atoms in total. The van der Waals surface area contributed by atoms with Crippen molar-refractivity contribution in [2.24, 2.45) is 0 Å². The van der Waals surface area contributed by atoms with Crippen LogP contribution in [0.3, 0.4) is 0 Å². The molecule has 0 saturated carbocycles. The summed E-state index contributed by atoms with van der Waals surface area (Å²) in [5.41, 5.74) is 1.00. The van der Waals surface area contributed by atoms with Gasteiger partial charge in [-0.3, -0.25) is 0 Å². The Bertz CT molecular complexity index is 474. The second-order valence-corrected chi connectivity index (χ2v) is 5.59. The summed E-state index contributed by atoms with van der Waals surface area (Å²) in [6, 6.07) is 9.18. The van der Waals surface area contributed by atoms with Crippen LogP contribution in [0.1, 0.15) is 5.56 Å². The van der Waals surface area contributed by atoms with E-state index in [-0.39, 0.29) is 19.1 Å². The number of rotatable bonds is 6. The summed E-state index contributed by atoms with van der Waals surface area (Å²) in [5.74, 6) is 0. The fraction of sp³-hybridized carbons (Fsp3) is 0.364. The first kappa shape index (κ1) is 14.5. The normalized spacial score (nSPS) is 10.9. The Balaban J connectivity index is 2.15. The zero-order chi connectivity index (χ0) is 13.4. The maximum absolute atomic E-state index is 11.3. The van der Waals surface area contributed by atoms with E-state index in [1.807, 2.05) is 30.3 Å². The molecule has 0 heterocycles. The summed E-state index contributed by atoms with van der Waals surface area (Å²) in [6.07, 6.45) is 1.07. The van der Waals surface area contributed by atoms with Gasteiger partial charge in [-0.15, -0.1) is 0 Å². The number of carbonyl (C=O) groups excluding carboxylic acids is 1. The Kier molecular flexibility index (Phi) is 5.60. The van der Waals surface area contributed by atoms with Gasteiger partial charge in [0.25, 0.3) is 0 Å². The van der Waals surface area contributed by atoms with Gasteiger partial charge in [0.2, 0.25) is 10.0 Å². The van der Waals surface area contributed by atoms with Crippen LogP contribution in [0.25, 0.3) is 0 Å². The fourth-order valence-electron chi connectivity index (χ4n) is 1.25. The number of nitrogens with one attached hydrogen (secondary N) is 3. The first-order valence-electron chi connectivity index (χ1n) is 5.47. The predicted octanol–water partition coefficient (Wildman–Crippen LogP) is 0.0350. The molecule has 0 aliphatic heterocycles. The smallest absolute Gasteiger partial charge is 0.315 e. The van der Waals surface area contributed by atoms with Gasteiger partial charge in [-0.1, -0.05) is 30.3 Å². The van der Waals surface area contributed by atoms with Crippen LogP contribution in [0.4, 0.5) is 4.79 Å². The number of carbonyl (C=O) groups is 1. The number of hydrogen-bond donors (Lipinski definition) is 3. The van der Waals surface area contributed by atoms with E-state index < -0.39 is 10.0 Å². The first-order chi connectivity index (χ1) is 8.47. The van der Waals surface area contributed by atoms with Crippen molar-refractivity contribution in [2.75, 3.05) is 19.3 Å². The molecule has 3 N–H and O–H groups in total. The SMILES string of the molecule is CS(=O)(=O)NCCNC(=O)NCc1ccccc1. The average molecular weight is 271 g/mol. The van der Waals surface area contributed by atoms with Gasteiger partial charge in [-0.05, 0) is 5.56 Å². The molecular weight excluding hydrogens is 254 g/mol. The van der Waals surface area contributed by atoms with E-state index in [0.717, 1.165) is 11.8 Å². The van der Waals surface area contributed by atoms with E-state index in [9.17, 15) is 13.2 Å². The van der Waals surface area contributed by atoms with Gasteiger partial charge >= 0.3 is 6.03 Å². The lowest BCUT2D eigenvalue weighted by Crippen LogP contribution is -2.39. The Morgan fingerprint density at radius 2 is 1.78 bits per heavy atom. The average Bonchev–Trinajstić information content (AvgIpc) is 2.32. The molecule has 0 aliphatic rings. The van der Waals surface area contributed by atoms with Gasteiger partial charge in [0.15, 0.2) is 0 Å². The molecule has 18 heavy (non-hydrogen) atoms. The third kappa shape index (κ3) is 6.87. The molecule has 0 saturated heterocycles. The van der Waals surface area contributed by atoms with Crippen molar-refractivity contribution in [2.45, 2.75) is 6.54 Å². The summed E-state index contributed by atoms with van der Waals surface area (Å²) >= 11 is 0. The standard InChI is InChI=1S/C11H17N3O3S/c1-18(16,17)14-8-7-12-11(15)13-9-10-5-3-2-4-6-10/h2-6,14H,7-9H2,1H3,(H2,12,13,15). The molecule has 0 atom stereocenters. The van der Waals surface area contributed by atoms with Gasteiger partial charge < -0.3 is 10.6 Å². The Hall–Kier alpha value is -1.60. The van der Waals surface area contributed by atoms with Crippen LogP contribution in [0.15, 0.2) is 30.3 Å². The van der Waals surface area contributed by atoms with E-state index in [1.165, 1.54) is 0 Å². The number of sulfonamides is 1. The first-order valence-corrected chi connectivity index (χ1v) is 7.37. The molecule has 0 aliphatic carbocycles. The van der Waals surface area contributed by atoms with Crippen molar-refractivity contribution in [1.29, 1.82) is 0 Å². The predicted molar refractivity (Wildman–Crippen MR) is 69.5 cm³/mol.